The average Bonchev–Trinajstić information content (AvgIpc) is 2.42. The van der Waals surface area contributed by atoms with E-state index in [0.29, 0.717) is 21.3 Å². The number of benzene rings is 1. The molecule has 6 heteroatoms. The monoisotopic (exact) mass is 335 g/mol. The highest BCUT2D eigenvalue weighted by atomic mass is 79.9. The second-order valence-electron chi connectivity index (χ2n) is 4.14. The first-order valence-corrected chi connectivity index (χ1v) is 6.57. The standard InChI is InChI=1S/C14H11BrFN3O/c1-8(12-5-11(16)3-2-9(12)6-17)20-13-4-10(15)7-19-14(13)18/h2-5,7-8H,1H3,(H2,18,19). The van der Waals surface area contributed by atoms with Crippen molar-refractivity contribution < 1.29 is 9.13 Å². The molecule has 0 radical (unpaired) electrons. The number of hydrogen-bond donors (Lipinski definition) is 1. The molecule has 2 rings (SSSR count). The second-order valence-corrected chi connectivity index (χ2v) is 5.06. The van der Waals surface area contributed by atoms with Crippen LogP contribution in [0.5, 0.6) is 5.75 Å². The molecule has 0 aliphatic rings. The van der Waals surface area contributed by atoms with Crippen molar-refractivity contribution in [1.29, 1.82) is 5.26 Å². The van der Waals surface area contributed by atoms with Gasteiger partial charge >= 0.3 is 0 Å². The van der Waals surface area contributed by atoms with Crippen LogP contribution in [0.2, 0.25) is 0 Å². The molecule has 1 atom stereocenters. The molecule has 0 aliphatic carbocycles. The van der Waals surface area contributed by atoms with Crippen LogP contribution in [0.1, 0.15) is 24.2 Å². The Bertz CT molecular complexity index is 685. The van der Waals surface area contributed by atoms with Crippen molar-refractivity contribution in [3.63, 3.8) is 0 Å². The lowest BCUT2D eigenvalue weighted by atomic mass is 10.0. The van der Waals surface area contributed by atoms with Gasteiger partial charge in [0.15, 0.2) is 11.6 Å². The maximum absolute atomic E-state index is 13.3. The number of nitrogens with zero attached hydrogens (tertiary/aromatic N) is 2. The Labute approximate surface area is 124 Å². The average molecular weight is 336 g/mol. The number of pyridine rings is 1. The molecule has 0 bridgehead atoms. The number of anilines is 1. The summed E-state index contributed by atoms with van der Waals surface area (Å²) in [4.78, 5) is 3.95. The Morgan fingerprint density at radius 2 is 2.20 bits per heavy atom. The minimum absolute atomic E-state index is 0.231. The number of hydrogen-bond acceptors (Lipinski definition) is 4. The maximum Gasteiger partial charge on any atom is 0.166 e. The van der Waals surface area contributed by atoms with E-state index in [2.05, 4.69) is 20.9 Å². The van der Waals surface area contributed by atoms with Crippen LogP contribution in [-0.4, -0.2) is 4.98 Å². The Balaban J connectivity index is 2.33. The zero-order valence-corrected chi connectivity index (χ0v) is 12.2. The largest absolute Gasteiger partial charge is 0.482 e. The van der Waals surface area contributed by atoms with Gasteiger partial charge in [-0.2, -0.15) is 5.26 Å². The quantitative estimate of drug-likeness (QED) is 0.930. The Morgan fingerprint density at radius 3 is 2.90 bits per heavy atom. The van der Waals surface area contributed by atoms with E-state index in [4.69, 9.17) is 15.7 Å². The summed E-state index contributed by atoms with van der Waals surface area (Å²) in [5, 5.41) is 9.05. The first-order chi connectivity index (χ1) is 9.51. The van der Waals surface area contributed by atoms with Gasteiger partial charge in [0, 0.05) is 16.2 Å². The zero-order chi connectivity index (χ0) is 14.7. The summed E-state index contributed by atoms with van der Waals surface area (Å²) in [6.07, 6.45) is 1.02. The van der Waals surface area contributed by atoms with Gasteiger partial charge < -0.3 is 10.5 Å². The molecule has 2 N–H and O–H groups in total. The van der Waals surface area contributed by atoms with Crippen LogP contribution in [0.4, 0.5) is 10.2 Å². The minimum atomic E-state index is -0.529. The highest BCUT2D eigenvalue weighted by Crippen LogP contribution is 2.29. The van der Waals surface area contributed by atoms with E-state index in [-0.39, 0.29) is 5.82 Å². The third-order valence-corrected chi connectivity index (χ3v) is 3.16. The minimum Gasteiger partial charge on any atom is -0.482 e. The molecule has 1 unspecified atom stereocenters. The van der Waals surface area contributed by atoms with Crippen molar-refractivity contribution in [1.82, 2.24) is 4.98 Å². The predicted molar refractivity (Wildman–Crippen MR) is 76.5 cm³/mol. The lowest BCUT2D eigenvalue weighted by Gasteiger charge is -2.17. The van der Waals surface area contributed by atoms with Crippen molar-refractivity contribution in [2.24, 2.45) is 0 Å². The fourth-order valence-electron chi connectivity index (χ4n) is 1.75. The highest BCUT2D eigenvalue weighted by molar-refractivity contribution is 9.10. The van der Waals surface area contributed by atoms with Gasteiger partial charge in [0.2, 0.25) is 0 Å². The van der Waals surface area contributed by atoms with Crippen molar-refractivity contribution in [2.45, 2.75) is 13.0 Å². The van der Waals surface area contributed by atoms with Crippen LogP contribution in [-0.2, 0) is 0 Å². The van der Waals surface area contributed by atoms with Gasteiger partial charge in [0.05, 0.1) is 11.6 Å². The molecule has 0 saturated carbocycles. The number of ether oxygens (including phenoxy) is 1. The Morgan fingerprint density at radius 1 is 1.45 bits per heavy atom. The summed E-state index contributed by atoms with van der Waals surface area (Å²) in [5.41, 5.74) is 6.55. The van der Waals surface area contributed by atoms with E-state index in [1.807, 2.05) is 6.07 Å². The van der Waals surface area contributed by atoms with Crippen LogP contribution in [0, 0.1) is 17.1 Å². The molecule has 0 amide bonds. The van der Waals surface area contributed by atoms with Crippen molar-refractivity contribution in [2.75, 3.05) is 5.73 Å². The van der Waals surface area contributed by atoms with E-state index < -0.39 is 11.9 Å². The number of rotatable bonds is 3. The SMILES string of the molecule is CC(Oc1cc(Br)cnc1N)c1cc(F)ccc1C#N. The van der Waals surface area contributed by atoms with E-state index in [1.165, 1.54) is 18.2 Å². The Hall–Kier alpha value is -2.13. The normalized spacial score (nSPS) is 11.7. The van der Waals surface area contributed by atoms with Crippen LogP contribution in [0.25, 0.3) is 0 Å². The molecule has 0 spiro atoms. The molecule has 20 heavy (non-hydrogen) atoms. The number of nitrogen functional groups attached to an aromatic ring is 1. The lowest BCUT2D eigenvalue weighted by Crippen LogP contribution is -2.08. The third-order valence-electron chi connectivity index (χ3n) is 2.72. The topological polar surface area (TPSA) is 71.9 Å². The molecule has 0 aliphatic heterocycles. The molecular weight excluding hydrogens is 325 g/mol. The van der Waals surface area contributed by atoms with Crippen LogP contribution < -0.4 is 10.5 Å². The summed E-state index contributed by atoms with van der Waals surface area (Å²) in [6, 6.07) is 7.63. The fourth-order valence-corrected chi connectivity index (χ4v) is 2.06. The molecule has 102 valence electrons. The summed E-state index contributed by atoms with van der Waals surface area (Å²) in [7, 11) is 0. The molecule has 1 heterocycles. The van der Waals surface area contributed by atoms with Gasteiger partial charge in [-0.25, -0.2) is 9.37 Å². The predicted octanol–water partition coefficient (Wildman–Crippen LogP) is 3.58. The highest BCUT2D eigenvalue weighted by Gasteiger charge is 2.15. The van der Waals surface area contributed by atoms with Gasteiger partial charge in [0.25, 0.3) is 0 Å². The van der Waals surface area contributed by atoms with Crippen LogP contribution in [0.15, 0.2) is 34.9 Å². The molecule has 0 saturated heterocycles. The summed E-state index contributed by atoms with van der Waals surface area (Å²) in [6.45, 7) is 1.72. The van der Waals surface area contributed by atoms with Gasteiger partial charge in [0.1, 0.15) is 11.9 Å². The Kier molecular flexibility index (Phi) is 4.20. The summed E-state index contributed by atoms with van der Waals surface area (Å²) < 4.78 is 19.7. The third kappa shape index (κ3) is 3.06. The first-order valence-electron chi connectivity index (χ1n) is 5.78. The second kappa shape index (κ2) is 5.88. The van der Waals surface area contributed by atoms with Gasteiger partial charge in [-0.15, -0.1) is 0 Å². The molecule has 0 fully saturated rings. The summed E-state index contributed by atoms with van der Waals surface area (Å²) >= 11 is 3.27. The molecule has 2 aromatic rings. The van der Waals surface area contributed by atoms with E-state index >= 15 is 0 Å². The first kappa shape index (κ1) is 14.3. The number of aromatic nitrogens is 1. The van der Waals surface area contributed by atoms with Crippen molar-refractivity contribution in [3.05, 3.63) is 51.9 Å². The fraction of sp³-hybridized carbons (Fsp3) is 0.143. The zero-order valence-electron chi connectivity index (χ0n) is 10.6. The van der Waals surface area contributed by atoms with Crippen LogP contribution in [0.3, 0.4) is 0 Å². The van der Waals surface area contributed by atoms with E-state index in [1.54, 1.807) is 19.2 Å². The number of nitriles is 1. The molecule has 1 aromatic heterocycles. The van der Waals surface area contributed by atoms with E-state index in [0.717, 1.165) is 0 Å². The van der Waals surface area contributed by atoms with Crippen molar-refractivity contribution >= 4 is 21.7 Å². The molecule has 4 nitrogen and oxygen atoms in total. The van der Waals surface area contributed by atoms with Crippen molar-refractivity contribution in [3.8, 4) is 11.8 Å². The van der Waals surface area contributed by atoms with Crippen LogP contribution >= 0.6 is 15.9 Å². The molecule has 1 aromatic carbocycles. The lowest BCUT2D eigenvalue weighted by molar-refractivity contribution is 0.226. The smallest absolute Gasteiger partial charge is 0.166 e. The summed E-state index contributed by atoms with van der Waals surface area (Å²) in [5.74, 6) is 0.185. The molecular formula is C14H11BrFN3O. The number of halogens is 2. The number of nitrogens with two attached hydrogens (primary N) is 1. The van der Waals surface area contributed by atoms with E-state index in [9.17, 15) is 4.39 Å². The van der Waals surface area contributed by atoms with Gasteiger partial charge in [-0.3, -0.25) is 0 Å². The van der Waals surface area contributed by atoms with Gasteiger partial charge in [-0.1, -0.05) is 0 Å². The van der Waals surface area contributed by atoms with Gasteiger partial charge in [-0.05, 0) is 47.1 Å². The maximum atomic E-state index is 13.3.